The molecule has 1 heterocycles. The van der Waals surface area contributed by atoms with Gasteiger partial charge < -0.3 is 4.98 Å². The van der Waals surface area contributed by atoms with Gasteiger partial charge in [-0.3, -0.25) is 0 Å². The molecule has 0 unspecified atom stereocenters. The zero-order valence-corrected chi connectivity index (χ0v) is 10.8. The van der Waals surface area contributed by atoms with Crippen molar-refractivity contribution >= 4 is 28.1 Å². The number of halogens is 2. The molecule has 0 amide bonds. The van der Waals surface area contributed by atoms with Crippen molar-refractivity contribution in [3.63, 3.8) is 0 Å². The summed E-state index contributed by atoms with van der Waals surface area (Å²) in [7, 11) is 0. The van der Waals surface area contributed by atoms with Gasteiger partial charge in [0, 0.05) is 11.8 Å². The van der Waals surface area contributed by atoms with Crippen LogP contribution in [0.15, 0.2) is 28.9 Å². The Morgan fingerprint density at radius 3 is 2.88 bits per heavy atom. The van der Waals surface area contributed by atoms with E-state index in [0.29, 0.717) is 10.5 Å². The van der Waals surface area contributed by atoms with Crippen molar-refractivity contribution in [2.75, 3.05) is 0 Å². The largest absolute Gasteiger partial charge is 0.330 e. The second kappa shape index (κ2) is 4.43. The van der Waals surface area contributed by atoms with Crippen LogP contribution in [0.2, 0.25) is 0 Å². The third-order valence-electron chi connectivity index (χ3n) is 2.21. The van der Waals surface area contributed by atoms with Crippen LogP contribution in [0.3, 0.4) is 0 Å². The molecule has 0 atom stereocenters. The number of aromatic nitrogens is 2. The van der Waals surface area contributed by atoms with Crippen molar-refractivity contribution in [1.82, 2.24) is 9.97 Å². The number of benzene rings is 1. The van der Waals surface area contributed by atoms with Crippen LogP contribution in [0, 0.1) is 17.4 Å². The van der Waals surface area contributed by atoms with Gasteiger partial charge in [-0.2, -0.15) is 0 Å². The number of rotatable bonds is 1. The Balaban J connectivity index is 2.63. The van der Waals surface area contributed by atoms with Crippen molar-refractivity contribution in [2.45, 2.75) is 6.92 Å². The molecule has 2 rings (SSSR count). The smallest absolute Gasteiger partial charge is 0.138 e. The van der Waals surface area contributed by atoms with E-state index in [1.165, 1.54) is 12.1 Å². The summed E-state index contributed by atoms with van der Waals surface area (Å²) in [5.41, 5.74) is 1.67. The van der Waals surface area contributed by atoms with Gasteiger partial charge in [-0.25, -0.2) is 9.37 Å². The summed E-state index contributed by atoms with van der Waals surface area (Å²) >= 11 is 8.34. The summed E-state index contributed by atoms with van der Waals surface area (Å²) in [6.45, 7) is 1.90. The van der Waals surface area contributed by atoms with Crippen LogP contribution in [0.1, 0.15) is 5.56 Å². The average molecular weight is 299 g/mol. The second-order valence-corrected chi connectivity index (χ2v) is 4.63. The van der Waals surface area contributed by atoms with E-state index in [9.17, 15) is 4.39 Å². The van der Waals surface area contributed by atoms with Crippen molar-refractivity contribution in [2.24, 2.45) is 0 Å². The van der Waals surface area contributed by atoms with E-state index in [1.54, 1.807) is 12.3 Å². The maximum absolute atomic E-state index is 13.1. The summed E-state index contributed by atoms with van der Waals surface area (Å²) in [6.07, 6.45) is 1.61. The van der Waals surface area contributed by atoms with Gasteiger partial charge in [0.25, 0.3) is 0 Å². The van der Waals surface area contributed by atoms with E-state index in [-0.39, 0.29) is 5.82 Å². The van der Waals surface area contributed by atoms with E-state index in [2.05, 4.69) is 25.9 Å². The lowest BCUT2D eigenvalue weighted by molar-refractivity contribution is 0.627. The van der Waals surface area contributed by atoms with Gasteiger partial charge >= 0.3 is 0 Å². The van der Waals surface area contributed by atoms with Gasteiger partial charge in [0.15, 0.2) is 0 Å². The quantitative estimate of drug-likeness (QED) is 0.806. The molecule has 0 aliphatic heterocycles. The van der Waals surface area contributed by atoms with E-state index in [4.69, 9.17) is 12.2 Å². The lowest BCUT2D eigenvalue weighted by Crippen LogP contribution is -1.93. The molecule has 0 aliphatic rings. The standard InChI is InChI=1S/C11H8BrFN2S/c1-6-2-3-7(13)4-8(6)10-14-5-9(12)11(16)15-10/h2-5H,1H3,(H,14,15,16). The summed E-state index contributed by atoms with van der Waals surface area (Å²) in [5.74, 6) is 0.287. The molecule has 0 fully saturated rings. The predicted octanol–water partition coefficient (Wildman–Crippen LogP) is 4.02. The number of H-pyrrole nitrogens is 1. The zero-order chi connectivity index (χ0) is 11.7. The first-order valence-corrected chi connectivity index (χ1v) is 5.79. The molecule has 1 aromatic heterocycles. The predicted molar refractivity (Wildman–Crippen MR) is 67.3 cm³/mol. The van der Waals surface area contributed by atoms with Crippen LogP contribution >= 0.6 is 28.1 Å². The highest BCUT2D eigenvalue weighted by Gasteiger charge is 2.06. The Morgan fingerprint density at radius 1 is 1.44 bits per heavy atom. The van der Waals surface area contributed by atoms with Crippen LogP contribution in [0.4, 0.5) is 4.39 Å². The van der Waals surface area contributed by atoms with Gasteiger partial charge in [-0.05, 0) is 40.5 Å². The highest BCUT2D eigenvalue weighted by molar-refractivity contribution is 9.10. The van der Waals surface area contributed by atoms with Gasteiger partial charge in [0.1, 0.15) is 16.3 Å². The van der Waals surface area contributed by atoms with Crippen molar-refractivity contribution in [3.8, 4) is 11.4 Å². The van der Waals surface area contributed by atoms with Crippen molar-refractivity contribution in [1.29, 1.82) is 0 Å². The average Bonchev–Trinajstić information content (AvgIpc) is 2.26. The lowest BCUT2D eigenvalue weighted by atomic mass is 10.1. The maximum atomic E-state index is 13.1. The molecule has 16 heavy (non-hydrogen) atoms. The molecular weight excluding hydrogens is 291 g/mol. The molecule has 82 valence electrons. The third-order valence-corrected chi connectivity index (χ3v) is 3.40. The highest BCUT2D eigenvalue weighted by atomic mass is 79.9. The Bertz CT molecular complexity index is 595. The number of aromatic amines is 1. The van der Waals surface area contributed by atoms with Crippen molar-refractivity contribution < 1.29 is 4.39 Å². The van der Waals surface area contributed by atoms with Gasteiger partial charge in [-0.1, -0.05) is 18.3 Å². The van der Waals surface area contributed by atoms with Gasteiger partial charge in [-0.15, -0.1) is 0 Å². The Morgan fingerprint density at radius 2 is 2.19 bits per heavy atom. The minimum absolute atomic E-state index is 0.287. The molecular formula is C11H8BrFN2S. The third kappa shape index (κ3) is 2.20. The number of hydrogen-bond acceptors (Lipinski definition) is 2. The molecule has 5 heteroatoms. The first kappa shape index (κ1) is 11.4. The molecule has 0 saturated carbocycles. The SMILES string of the molecule is Cc1ccc(F)cc1-c1ncc(Br)c(=S)[nH]1. The minimum atomic E-state index is -0.287. The van der Waals surface area contributed by atoms with E-state index >= 15 is 0 Å². The summed E-state index contributed by atoms with van der Waals surface area (Å²) < 4.78 is 14.4. The Hall–Kier alpha value is -1.07. The zero-order valence-electron chi connectivity index (χ0n) is 8.42. The topological polar surface area (TPSA) is 28.7 Å². The Kier molecular flexibility index (Phi) is 3.16. The molecule has 2 aromatic rings. The molecule has 1 N–H and O–H groups in total. The maximum Gasteiger partial charge on any atom is 0.138 e. The minimum Gasteiger partial charge on any atom is -0.330 e. The summed E-state index contributed by atoms with van der Waals surface area (Å²) in [4.78, 5) is 7.13. The molecule has 0 bridgehead atoms. The van der Waals surface area contributed by atoms with Crippen LogP contribution in [0.5, 0.6) is 0 Å². The van der Waals surface area contributed by atoms with E-state index in [1.807, 2.05) is 6.92 Å². The first-order valence-electron chi connectivity index (χ1n) is 4.59. The number of hydrogen-bond donors (Lipinski definition) is 1. The van der Waals surface area contributed by atoms with Gasteiger partial charge in [0.05, 0.1) is 4.47 Å². The summed E-state index contributed by atoms with van der Waals surface area (Å²) in [5, 5.41) is 0. The fraction of sp³-hybridized carbons (Fsp3) is 0.0909. The van der Waals surface area contributed by atoms with Crippen LogP contribution in [-0.2, 0) is 0 Å². The molecule has 0 aliphatic carbocycles. The normalized spacial score (nSPS) is 10.4. The molecule has 2 nitrogen and oxygen atoms in total. The number of aryl methyl sites for hydroxylation is 1. The molecule has 0 spiro atoms. The number of nitrogens with one attached hydrogen (secondary N) is 1. The van der Waals surface area contributed by atoms with E-state index < -0.39 is 0 Å². The van der Waals surface area contributed by atoms with Crippen LogP contribution in [-0.4, -0.2) is 9.97 Å². The van der Waals surface area contributed by atoms with E-state index in [0.717, 1.165) is 15.6 Å². The van der Waals surface area contributed by atoms with Crippen LogP contribution < -0.4 is 0 Å². The summed E-state index contributed by atoms with van der Waals surface area (Å²) in [6, 6.07) is 4.58. The van der Waals surface area contributed by atoms with Crippen LogP contribution in [0.25, 0.3) is 11.4 Å². The lowest BCUT2D eigenvalue weighted by Gasteiger charge is -2.05. The second-order valence-electron chi connectivity index (χ2n) is 3.37. The first-order chi connectivity index (χ1) is 7.58. The highest BCUT2D eigenvalue weighted by Crippen LogP contribution is 2.21. The van der Waals surface area contributed by atoms with Crippen molar-refractivity contribution in [3.05, 3.63) is 44.9 Å². The fourth-order valence-electron chi connectivity index (χ4n) is 1.37. The monoisotopic (exact) mass is 298 g/mol. The Labute approximate surface area is 106 Å². The fourth-order valence-corrected chi connectivity index (χ4v) is 1.72. The molecule has 0 radical (unpaired) electrons. The molecule has 1 aromatic carbocycles. The molecule has 0 saturated heterocycles. The van der Waals surface area contributed by atoms with Gasteiger partial charge in [0.2, 0.25) is 0 Å². The number of nitrogens with zero attached hydrogens (tertiary/aromatic N) is 1.